The minimum absolute atomic E-state index is 0.0860. The molecule has 2 aliphatic rings. The monoisotopic (exact) mass is 542 g/mol. The van der Waals surface area contributed by atoms with Crippen LogP contribution in [0.5, 0.6) is 0 Å². The van der Waals surface area contributed by atoms with Gasteiger partial charge in [-0.3, -0.25) is 19.1 Å². The normalized spacial score (nSPS) is 17.9. The van der Waals surface area contributed by atoms with E-state index in [0.717, 1.165) is 56.7 Å². The Labute approximate surface area is 237 Å². The van der Waals surface area contributed by atoms with Crippen LogP contribution in [0.1, 0.15) is 61.1 Å². The number of amides is 1. The number of nitrogens with one attached hydrogen (secondary N) is 2. The molecule has 1 amide bonds. The van der Waals surface area contributed by atoms with Crippen molar-refractivity contribution in [3.8, 4) is 5.69 Å². The predicted molar refractivity (Wildman–Crippen MR) is 160 cm³/mol. The van der Waals surface area contributed by atoms with E-state index in [9.17, 15) is 9.59 Å². The Hall–Kier alpha value is -3.49. The third kappa shape index (κ3) is 6.62. The van der Waals surface area contributed by atoms with E-state index in [0.29, 0.717) is 23.1 Å². The van der Waals surface area contributed by atoms with Crippen LogP contribution in [0.15, 0.2) is 65.7 Å². The molecular weight excluding hydrogens is 500 g/mol. The number of hydrogen-bond donors (Lipinski definition) is 2. The number of anilines is 1. The van der Waals surface area contributed by atoms with Gasteiger partial charge >= 0.3 is 0 Å². The molecule has 0 spiro atoms. The number of piperazine rings is 1. The number of benzene rings is 2. The van der Waals surface area contributed by atoms with Gasteiger partial charge in [-0.2, -0.15) is 0 Å². The largest absolute Gasteiger partial charge is 0.358 e. The summed E-state index contributed by atoms with van der Waals surface area (Å²) in [4.78, 5) is 36.0. The number of aromatic nitrogens is 2. The van der Waals surface area contributed by atoms with E-state index in [1.165, 1.54) is 0 Å². The van der Waals surface area contributed by atoms with Gasteiger partial charge in [0.25, 0.3) is 11.5 Å². The number of carbonyl (C=O) groups excluding carboxylic acids is 1. The first kappa shape index (κ1) is 28.1. The van der Waals surface area contributed by atoms with Crippen LogP contribution in [0, 0.1) is 12.8 Å². The molecule has 5 rings (SSSR count). The zero-order chi connectivity index (χ0) is 28.2. The fraction of sp³-hybridized carbons (Fsp3) is 0.469. The molecule has 2 heterocycles. The minimum Gasteiger partial charge on any atom is -0.358 e. The lowest BCUT2D eigenvalue weighted by Gasteiger charge is -2.39. The highest BCUT2D eigenvalue weighted by atomic mass is 16.2. The van der Waals surface area contributed by atoms with Gasteiger partial charge < -0.3 is 15.5 Å². The molecule has 212 valence electrons. The summed E-state index contributed by atoms with van der Waals surface area (Å²) in [7, 11) is 0. The molecule has 1 saturated heterocycles. The highest BCUT2D eigenvalue weighted by molar-refractivity contribution is 5.95. The molecule has 2 aromatic carbocycles. The first-order chi connectivity index (χ1) is 19.3. The van der Waals surface area contributed by atoms with Crippen molar-refractivity contribution in [1.82, 2.24) is 24.7 Å². The molecule has 1 aliphatic heterocycles. The number of rotatable bonds is 10. The molecule has 8 nitrogen and oxygen atoms in total. The topological polar surface area (TPSA) is 82.5 Å². The molecule has 8 heteroatoms. The molecule has 2 atom stereocenters. The lowest BCUT2D eigenvalue weighted by molar-refractivity contribution is 0.0951. The number of nitrogens with zero attached hydrogens (tertiary/aromatic N) is 4. The van der Waals surface area contributed by atoms with E-state index < -0.39 is 0 Å². The van der Waals surface area contributed by atoms with Gasteiger partial charge in [-0.25, -0.2) is 4.98 Å². The lowest BCUT2D eigenvalue weighted by Crippen LogP contribution is -2.50. The molecule has 1 aromatic heterocycles. The second-order valence-electron chi connectivity index (χ2n) is 11.6. The van der Waals surface area contributed by atoms with Crippen molar-refractivity contribution < 1.29 is 4.79 Å². The maximum atomic E-state index is 13.8. The molecule has 0 bridgehead atoms. The SMILES string of the molecule is Cc1ccc(C(=O)NC2CC2)cc1-n1ccnc(N[C@@H](c2ccccc2)[C@H](C)CN2CCN(C(C)C)CC2)c1=O. The summed E-state index contributed by atoms with van der Waals surface area (Å²) in [5.41, 5.74) is 3.05. The van der Waals surface area contributed by atoms with E-state index in [2.05, 4.69) is 58.3 Å². The van der Waals surface area contributed by atoms with E-state index in [4.69, 9.17) is 0 Å². The van der Waals surface area contributed by atoms with E-state index >= 15 is 0 Å². The Kier molecular flexibility index (Phi) is 8.66. The summed E-state index contributed by atoms with van der Waals surface area (Å²) in [5.74, 6) is 0.440. The van der Waals surface area contributed by atoms with Crippen molar-refractivity contribution >= 4 is 11.7 Å². The molecule has 1 saturated carbocycles. The maximum Gasteiger partial charge on any atom is 0.297 e. The molecule has 1 aliphatic carbocycles. The number of hydrogen-bond acceptors (Lipinski definition) is 6. The van der Waals surface area contributed by atoms with Crippen molar-refractivity contribution in [2.24, 2.45) is 5.92 Å². The van der Waals surface area contributed by atoms with Crippen LogP contribution in [0.4, 0.5) is 5.82 Å². The van der Waals surface area contributed by atoms with Crippen LogP contribution >= 0.6 is 0 Å². The zero-order valence-corrected chi connectivity index (χ0v) is 24.1. The van der Waals surface area contributed by atoms with Gasteiger partial charge in [-0.05, 0) is 62.8 Å². The van der Waals surface area contributed by atoms with Gasteiger partial charge in [-0.1, -0.05) is 43.3 Å². The van der Waals surface area contributed by atoms with Gasteiger partial charge in [0.1, 0.15) is 0 Å². The predicted octanol–water partition coefficient (Wildman–Crippen LogP) is 4.25. The first-order valence-electron chi connectivity index (χ1n) is 14.6. The second-order valence-corrected chi connectivity index (χ2v) is 11.6. The Morgan fingerprint density at radius 2 is 1.75 bits per heavy atom. The van der Waals surface area contributed by atoms with Crippen LogP contribution < -0.4 is 16.2 Å². The van der Waals surface area contributed by atoms with Gasteiger partial charge in [-0.15, -0.1) is 0 Å². The van der Waals surface area contributed by atoms with Crippen molar-refractivity contribution in [3.63, 3.8) is 0 Å². The van der Waals surface area contributed by atoms with Gasteiger partial charge in [0, 0.05) is 62.8 Å². The maximum absolute atomic E-state index is 13.8. The smallest absolute Gasteiger partial charge is 0.297 e. The summed E-state index contributed by atoms with van der Waals surface area (Å²) in [6, 6.07) is 16.6. The summed E-state index contributed by atoms with van der Waals surface area (Å²) in [6.07, 6.45) is 5.38. The van der Waals surface area contributed by atoms with Gasteiger partial charge in [0.15, 0.2) is 5.82 Å². The molecular formula is C32H42N6O2. The van der Waals surface area contributed by atoms with E-state index in [-0.39, 0.29) is 29.5 Å². The Morgan fingerprint density at radius 3 is 2.42 bits per heavy atom. The fourth-order valence-corrected chi connectivity index (χ4v) is 5.54. The summed E-state index contributed by atoms with van der Waals surface area (Å²) in [5, 5.41) is 6.56. The van der Waals surface area contributed by atoms with Crippen LogP contribution in [0.25, 0.3) is 5.69 Å². The van der Waals surface area contributed by atoms with E-state index in [1.807, 2.05) is 37.3 Å². The van der Waals surface area contributed by atoms with Gasteiger partial charge in [0.05, 0.1) is 11.7 Å². The van der Waals surface area contributed by atoms with Crippen molar-refractivity contribution in [3.05, 3.63) is 88.0 Å². The average molecular weight is 543 g/mol. The summed E-state index contributed by atoms with van der Waals surface area (Å²) in [6.45, 7) is 13.9. The Bertz CT molecular complexity index is 1360. The van der Waals surface area contributed by atoms with E-state index in [1.54, 1.807) is 23.0 Å². The molecule has 40 heavy (non-hydrogen) atoms. The Balaban J connectivity index is 1.38. The summed E-state index contributed by atoms with van der Waals surface area (Å²) >= 11 is 0. The second kappa shape index (κ2) is 12.4. The Morgan fingerprint density at radius 1 is 1.02 bits per heavy atom. The summed E-state index contributed by atoms with van der Waals surface area (Å²) < 4.78 is 1.59. The van der Waals surface area contributed by atoms with Crippen molar-refractivity contribution in [2.45, 2.75) is 58.7 Å². The first-order valence-corrected chi connectivity index (χ1v) is 14.6. The zero-order valence-electron chi connectivity index (χ0n) is 24.1. The average Bonchev–Trinajstić information content (AvgIpc) is 3.77. The fourth-order valence-electron chi connectivity index (χ4n) is 5.54. The third-order valence-electron chi connectivity index (χ3n) is 8.19. The van der Waals surface area contributed by atoms with Crippen molar-refractivity contribution in [2.75, 3.05) is 38.0 Å². The minimum atomic E-state index is -0.232. The lowest BCUT2D eigenvalue weighted by atomic mass is 9.93. The third-order valence-corrected chi connectivity index (χ3v) is 8.19. The molecule has 2 fully saturated rings. The van der Waals surface area contributed by atoms with Crippen molar-refractivity contribution in [1.29, 1.82) is 0 Å². The molecule has 0 unspecified atom stereocenters. The quantitative estimate of drug-likeness (QED) is 0.399. The highest BCUT2D eigenvalue weighted by Crippen LogP contribution is 2.27. The number of aryl methyl sites for hydroxylation is 1. The van der Waals surface area contributed by atoms with Crippen LogP contribution in [-0.2, 0) is 0 Å². The van der Waals surface area contributed by atoms with Crippen LogP contribution in [-0.4, -0.2) is 70.1 Å². The van der Waals surface area contributed by atoms with Crippen LogP contribution in [0.2, 0.25) is 0 Å². The highest BCUT2D eigenvalue weighted by Gasteiger charge is 2.27. The van der Waals surface area contributed by atoms with Gasteiger partial charge in [0.2, 0.25) is 0 Å². The molecule has 3 aromatic rings. The number of carbonyl (C=O) groups is 1. The molecule has 2 N–H and O–H groups in total. The van der Waals surface area contributed by atoms with Crippen LogP contribution in [0.3, 0.4) is 0 Å². The standard InChI is InChI=1S/C32H42N6O2/c1-22(2)37-18-16-36(17-19-37)21-24(4)29(25-8-6-5-7-9-25)35-30-32(40)38(15-14-33-30)28-20-26(11-10-23(28)3)31(39)34-27-12-13-27/h5-11,14-15,20,22,24,27,29H,12-13,16-19,21H2,1-4H3,(H,33,35)(H,34,39)/t24-,29-/m1/s1. The molecule has 0 radical (unpaired) electrons.